The van der Waals surface area contributed by atoms with Gasteiger partial charge in [0, 0.05) is 26.2 Å². The Morgan fingerprint density at radius 3 is 2.53 bits per heavy atom. The highest BCUT2D eigenvalue weighted by atomic mass is 16.2. The van der Waals surface area contributed by atoms with Crippen molar-refractivity contribution >= 4 is 5.91 Å². The molecule has 96 valence electrons. The van der Waals surface area contributed by atoms with E-state index in [9.17, 15) is 4.79 Å². The molecular formula is C12H22N4O. The number of amides is 1. The van der Waals surface area contributed by atoms with Gasteiger partial charge in [-0.2, -0.15) is 5.26 Å². The summed E-state index contributed by atoms with van der Waals surface area (Å²) < 4.78 is 0. The summed E-state index contributed by atoms with van der Waals surface area (Å²) in [6.45, 7) is 7.09. The summed E-state index contributed by atoms with van der Waals surface area (Å²) >= 11 is 0. The first-order valence-electron chi connectivity index (χ1n) is 6.23. The van der Waals surface area contributed by atoms with Crippen molar-refractivity contribution < 1.29 is 4.79 Å². The second-order valence-corrected chi connectivity index (χ2v) is 4.55. The average molecular weight is 238 g/mol. The van der Waals surface area contributed by atoms with Gasteiger partial charge >= 0.3 is 0 Å². The number of hydrogen-bond acceptors (Lipinski definition) is 4. The van der Waals surface area contributed by atoms with Gasteiger partial charge in [-0.3, -0.25) is 9.69 Å². The summed E-state index contributed by atoms with van der Waals surface area (Å²) in [5.74, 6) is 0.154. The number of piperazine rings is 1. The van der Waals surface area contributed by atoms with Gasteiger partial charge in [0.15, 0.2) is 0 Å². The van der Waals surface area contributed by atoms with Crippen molar-refractivity contribution in [3.63, 3.8) is 0 Å². The van der Waals surface area contributed by atoms with Crippen LogP contribution < -0.4 is 0 Å². The van der Waals surface area contributed by atoms with Crippen LogP contribution in [0.25, 0.3) is 0 Å². The molecule has 1 saturated heterocycles. The van der Waals surface area contributed by atoms with Crippen LogP contribution in [0, 0.1) is 11.3 Å². The Hall–Kier alpha value is -1.12. The third kappa shape index (κ3) is 4.72. The van der Waals surface area contributed by atoms with E-state index < -0.39 is 0 Å². The highest BCUT2D eigenvalue weighted by Gasteiger charge is 2.20. The Morgan fingerprint density at radius 2 is 2.00 bits per heavy atom. The van der Waals surface area contributed by atoms with Crippen LogP contribution in [-0.4, -0.2) is 73.5 Å². The summed E-state index contributed by atoms with van der Waals surface area (Å²) in [5.41, 5.74) is 0. The van der Waals surface area contributed by atoms with E-state index >= 15 is 0 Å². The van der Waals surface area contributed by atoms with Gasteiger partial charge in [0.1, 0.15) is 0 Å². The first kappa shape index (κ1) is 13.9. The molecule has 0 unspecified atom stereocenters. The predicted molar refractivity (Wildman–Crippen MR) is 66.4 cm³/mol. The fourth-order valence-electron chi connectivity index (χ4n) is 1.98. The van der Waals surface area contributed by atoms with Crippen molar-refractivity contribution in [2.75, 3.05) is 52.9 Å². The zero-order valence-electron chi connectivity index (χ0n) is 10.9. The second-order valence-electron chi connectivity index (χ2n) is 4.55. The Kier molecular flexibility index (Phi) is 5.95. The molecule has 0 aromatic carbocycles. The molecule has 0 spiro atoms. The van der Waals surface area contributed by atoms with Crippen LogP contribution in [0.5, 0.6) is 0 Å². The summed E-state index contributed by atoms with van der Waals surface area (Å²) in [4.78, 5) is 18.1. The SMILES string of the molecule is CCCN(CC#N)CC(=O)N1CCN(C)CC1. The molecule has 1 aliphatic rings. The third-order valence-corrected chi connectivity index (χ3v) is 3.05. The lowest BCUT2D eigenvalue weighted by atomic mass is 10.3. The highest BCUT2D eigenvalue weighted by Crippen LogP contribution is 2.01. The van der Waals surface area contributed by atoms with E-state index in [0.717, 1.165) is 39.1 Å². The van der Waals surface area contributed by atoms with Gasteiger partial charge in [-0.25, -0.2) is 0 Å². The largest absolute Gasteiger partial charge is 0.339 e. The third-order valence-electron chi connectivity index (χ3n) is 3.05. The summed E-state index contributed by atoms with van der Waals surface area (Å²) in [7, 11) is 2.07. The van der Waals surface area contributed by atoms with Crippen LogP contribution in [-0.2, 0) is 4.79 Å². The van der Waals surface area contributed by atoms with Crippen LogP contribution in [0.3, 0.4) is 0 Å². The number of rotatable bonds is 5. The van der Waals surface area contributed by atoms with E-state index in [4.69, 9.17) is 5.26 Å². The van der Waals surface area contributed by atoms with Gasteiger partial charge in [0.25, 0.3) is 0 Å². The molecule has 0 radical (unpaired) electrons. The number of nitriles is 1. The molecule has 0 aliphatic carbocycles. The number of carbonyl (C=O) groups is 1. The van der Waals surface area contributed by atoms with E-state index in [2.05, 4.69) is 24.9 Å². The van der Waals surface area contributed by atoms with Crippen molar-refractivity contribution in [2.24, 2.45) is 0 Å². The van der Waals surface area contributed by atoms with E-state index in [1.54, 1.807) is 0 Å². The van der Waals surface area contributed by atoms with Gasteiger partial charge < -0.3 is 9.80 Å². The van der Waals surface area contributed by atoms with Crippen LogP contribution in [0.15, 0.2) is 0 Å². The summed E-state index contributed by atoms with van der Waals surface area (Å²) in [6, 6.07) is 2.11. The van der Waals surface area contributed by atoms with Gasteiger partial charge in [0.2, 0.25) is 5.91 Å². The van der Waals surface area contributed by atoms with Crippen LogP contribution in [0.1, 0.15) is 13.3 Å². The average Bonchev–Trinajstić information content (AvgIpc) is 2.30. The second kappa shape index (κ2) is 7.25. The molecule has 1 aliphatic heterocycles. The lowest BCUT2D eigenvalue weighted by Gasteiger charge is -2.33. The molecule has 1 heterocycles. The Morgan fingerprint density at radius 1 is 1.35 bits per heavy atom. The molecule has 0 saturated carbocycles. The van der Waals surface area contributed by atoms with Gasteiger partial charge in [-0.05, 0) is 20.0 Å². The maximum absolute atomic E-state index is 12.0. The fourth-order valence-corrected chi connectivity index (χ4v) is 1.98. The molecule has 0 bridgehead atoms. The van der Waals surface area contributed by atoms with Crippen LogP contribution in [0.2, 0.25) is 0 Å². The van der Waals surface area contributed by atoms with E-state index in [1.165, 1.54) is 0 Å². The zero-order valence-corrected chi connectivity index (χ0v) is 10.9. The summed E-state index contributed by atoms with van der Waals surface area (Å²) in [5, 5.41) is 8.70. The highest BCUT2D eigenvalue weighted by molar-refractivity contribution is 5.78. The molecule has 17 heavy (non-hydrogen) atoms. The molecule has 1 fully saturated rings. The minimum atomic E-state index is 0.154. The Bertz CT molecular complexity index is 279. The van der Waals surface area contributed by atoms with Crippen molar-refractivity contribution in [1.29, 1.82) is 5.26 Å². The van der Waals surface area contributed by atoms with Gasteiger partial charge in [-0.1, -0.05) is 6.92 Å². The first-order chi connectivity index (χ1) is 8.17. The van der Waals surface area contributed by atoms with Gasteiger partial charge in [0.05, 0.1) is 19.2 Å². The molecule has 0 aromatic rings. The first-order valence-corrected chi connectivity index (χ1v) is 6.23. The molecule has 0 aromatic heterocycles. The predicted octanol–water partition coefficient (Wildman–Crippen LogP) is -0.00402. The molecular weight excluding hydrogens is 216 g/mol. The molecule has 0 atom stereocenters. The molecule has 5 nitrogen and oxygen atoms in total. The standard InChI is InChI=1S/C12H22N4O/c1-3-5-15(6-4-13)11-12(17)16-9-7-14(2)8-10-16/h3,5-11H2,1-2H3. The topological polar surface area (TPSA) is 50.6 Å². The fraction of sp³-hybridized carbons (Fsp3) is 0.833. The Labute approximate surface area is 104 Å². The van der Waals surface area contributed by atoms with Crippen LogP contribution in [0.4, 0.5) is 0 Å². The number of nitrogens with zero attached hydrogens (tertiary/aromatic N) is 4. The normalized spacial score (nSPS) is 17.2. The maximum atomic E-state index is 12.0. The van der Waals surface area contributed by atoms with Gasteiger partial charge in [-0.15, -0.1) is 0 Å². The van der Waals surface area contributed by atoms with E-state index in [-0.39, 0.29) is 5.91 Å². The maximum Gasteiger partial charge on any atom is 0.236 e. The molecule has 1 rings (SSSR count). The summed E-state index contributed by atoms with van der Waals surface area (Å²) in [6.07, 6.45) is 0.970. The molecule has 1 amide bonds. The monoisotopic (exact) mass is 238 g/mol. The minimum Gasteiger partial charge on any atom is -0.339 e. The zero-order chi connectivity index (χ0) is 12.7. The van der Waals surface area contributed by atoms with Crippen molar-refractivity contribution in [3.05, 3.63) is 0 Å². The number of hydrogen-bond donors (Lipinski definition) is 0. The number of carbonyl (C=O) groups excluding carboxylic acids is 1. The Balaban J connectivity index is 2.38. The van der Waals surface area contributed by atoms with Crippen molar-refractivity contribution in [2.45, 2.75) is 13.3 Å². The lowest BCUT2D eigenvalue weighted by Crippen LogP contribution is -2.50. The van der Waals surface area contributed by atoms with E-state index in [0.29, 0.717) is 13.1 Å². The molecule has 5 heteroatoms. The minimum absolute atomic E-state index is 0.154. The quantitative estimate of drug-likeness (QED) is 0.632. The van der Waals surface area contributed by atoms with Crippen LogP contribution >= 0.6 is 0 Å². The van der Waals surface area contributed by atoms with Crippen molar-refractivity contribution in [3.8, 4) is 6.07 Å². The van der Waals surface area contributed by atoms with Crippen molar-refractivity contribution in [1.82, 2.24) is 14.7 Å². The smallest absolute Gasteiger partial charge is 0.236 e. The molecule has 0 N–H and O–H groups in total. The van der Waals surface area contributed by atoms with E-state index in [1.807, 2.05) is 9.80 Å². The lowest BCUT2D eigenvalue weighted by molar-refractivity contribution is -0.133. The number of likely N-dealkylation sites (N-methyl/N-ethyl adjacent to an activating group) is 1.